The SMILES string of the molecule is CNCCNC(=O)c1ccccc1SCC(=O)Nc1ccc2c(c1)OCO2.Cl. The normalized spacial score (nSPS) is 11.5. The minimum Gasteiger partial charge on any atom is -0.454 e. The molecule has 0 bridgehead atoms. The van der Waals surface area contributed by atoms with Gasteiger partial charge < -0.3 is 25.4 Å². The van der Waals surface area contributed by atoms with Crippen LogP contribution < -0.4 is 25.4 Å². The van der Waals surface area contributed by atoms with Crippen molar-refractivity contribution in [1.82, 2.24) is 10.6 Å². The van der Waals surface area contributed by atoms with Crippen LogP contribution >= 0.6 is 24.2 Å². The lowest BCUT2D eigenvalue weighted by Gasteiger charge is -2.10. The van der Waals surface area contributed by atoms with Gasteiger partial charge in [0, 0.05) is 29.7 Å². The Morgan fingerprint density at radius 3 is 2.68 bits per heavy atom. The summed E-state index contributed by atoms with van der Waals surface area (Å²) in [6.07, 6.45) is 0. The third-order valence-corrected chi connectivity index (χ3v) is 4.88. The zero-order chi connectivity index (χ0) is 19.1. The number of carbonyl (C=O) groups excluding carboxylic acids is 2. The number of amides is 2. The van der Waals surface area contributed by atoms with Gasteiger partial charge in [0.05, 0.1) is 11.3 Å². The van der Waals surface area contributed by atoms with Gasteiger partial charge >= 0.3 is 0 Å². The number of carbonyl (C=O) groups is 2. The Labute approximate surface area is 174 Å². The number of hydrogen-bond donors (Lipinski definition) is 3. The first-order valence-electron chi connectivity index (χ1n) is 8.51. The van der Waals surface area contributed by atoms with Crippen molar-refractivity contribution < 1.29 is 19.1 Å². The van der Waals surface area contributed by atoms with Crippen molar-refractivity contribution in [3.05, 3.63) is 48.0 Å². The van der Waals surface area contributed by atoms with Gasteiger partial charge in [0.1, 0.15) is 0 Å². The average Bonchev–Trinajstić information content (AvgIpc) is 3.14. The topological polar surface area (TPSA) is 88.7 Å². The summed E-state index contributed by atoms with van der Waals surface area (Å²) in [5, 5.41) is 8.66. The summed E-state index contributed by atoms with van der Waals surface area (Å²) < 4.78 is 10.6. The zero-order valence-corrected chi connectivity index (χ0v) is 17.0. The molecule has 2 aromatic carbocycles. The second-order valence-corrected chi connectivity index (χ2v) is 6.78. The third kappa shape index (κ3) is 5.79. The summed E-state index contributed by atoms with van der Waals surface area (Å²) in [5.41, 5.74) is 1.21. The number of rotatable bonds is 8. The molecule has 2 amide bonds. The van der Waals surface area contributed by atoms with Crippen LogP contribution in [-0.2, 0) is 4.79 Å². The van der Waals surface area contributed by atoms with Crippen LogP contribution in [0.15, 0.2) is 47.4 Å². The average molecular weight is 424 g/mol. The van der Waals surface area contributed by atoms with Gasteiger partial charge in [-0.3, -0.25) is 9.59 Å². The lowest BCUT2D eigenvalue weighted by atomic mass is 10.2. The van der Waals surface area contributed by atoms with Crippen LogP contribution in [0.3, 0.4) is 0 Å². The second-order valence-electron chi connectivity index (χ2n) is 5.76. The van der Waals surface area contributed by atoms with Crippen molar-refractivity contribution in [3.8, 4) is 11.5 Å². The Kier molecular flexibility index (Phi) is 8.43. The standard InChI is InChI=1S/C19H21N3O4S.ClH/c1-20-8-9-21-19(24)14-4-2-3-5-17(14)27-11-18(23)22-13-6-7-15-16(10-13)26-12-25-15;/h2-7,10,20H,8-9,11-12H2,1H3,(H,21,24)(H,22,23);1H. The highest BCUT2D eigenvalue weighted by Crippen LogP contribution is 2.34. The summed E-state index contributed by atoms with van der Waals surface area (Å²) in [7, 11) is 1.83. The highest BCUT2D eigenvalue weighted by atomic mass is 35.5. The number of halogens is 1. The van der Waals surface area contributed by atoms with Gasteiger partial charge in [-0.15, -0.1) is 24.2 Å². The van der Waals surface area contributed by atoms with Crippen LogP contribution in [0.25, 0.3) is 0 Å². The van der Waals surface area contributed by atoms with Crippen LogP contribution in [0.2, 0.25) is 0 Å². The van der Waals surface area contributed by atoms with Gasteiger partial charge in [-0.2, -0.15) is 0 Å². The van der Waals surface area contributed by atoms with Crippen molar-refractivity contribution in [3.63, 3.8) is 0 Å². The summed E-state index contributed by atoms with van der Waals surface area (Å²) >= 11 is 1.32. The van der Waals surface area contributed by atoms with E-state index in [2.05, 4.69) is 16.0 Å². The Balaban J connectivity index is 0.00000280. The molecule has 0 unspecified atom stereocenters. The Hall–Kier alpha value is -2.42. The number of ether oxygens (including phenoxy) is 2. The fourth-order valence-electron chi connectivity index (χ4n) is 2.49. The predicted molar refractivity (Wildman–Crippen MR) is 112 cm³/mol. The molecule has 150 valence electrons. The number of fused-ring (bicyclic) bond motifs is 1. The number of benzene rings is 2. The van der Waals surface area contributed by atoms with Crippen molar-refractivity contribution in [2.45, 2.75) is 4.90 Å². The first-order chi connectivity index (χ1) is 13.2. The molecular formula is C19H22ClN3O4S. The van der Waals surface area contributed by atoms with E-state index in [1.54, 1.807) is 24.3 Å². The van der Waals surface area contributed by atoms with Gasteiger partial charge in [-0.25, -0.2) is 0 Å². The van der Waals surface area contributed by atoms with Crippen LogP contribution in [0, 0.1) is 0 Å². The first kappa shape index (κ1) is 21.9. The largest absolute Gasteiger partial charge is 0.454 e. The molecule has 0 aliphatic carbocycles. The minimum absolute atomic E-state index is 0. The van der Waals surface area contributed by atoms with Crippen LogP contribution in [-0.4, -0.2) is 44.5 Å². The fraction of sp³-hybridized carbons (Fsp3) is 0.263. The van der Waals surface area contributed by atoms with Gasteiger partial charge in [-0.05, 0) is 31.3 Å². The van der Waals surface area contributed by atoms with Crippen LogP contribution in [0.5, 0.6) is 11.5 Å². The molecule has 9 heteroatoms. The molecule has 3 rings (SSSR count). The zero-order valence-electron chi connectivity index (χ0n) is 15.3. The van der Waals surface area contributed by atoms with E-state index in [0.717, 1.165) is 4.90 Å². The molecule has 0 atom stereocenters. The molecule has 3 N–H and O–H groups in total. The second kappa shape index (κ2) is 10.8. The van der Waals surface area contributed by atoms with E-state index >= 15 is 0 Å². The lowest BCUT2D eigenvalue weighted by Crippen LogP contribution is -2.30. The molecule has 1 aliphatic heterocycles. The van der Waals surface area contributed by atoms with E-state index in [1.165, 1.54) is 11.8 Å². The Morgan fingerprint density at radius 2 is 1.86 bits per heavy atom. The van der Waals surface area contributed by atoms with Crippen LogP contribution in [0.4, 0.5) is 5.69 Å². The molecule has 0 radical (unpaired) electrons. The number of anilines is 1. The number of hydrogen-bond acceptors (Lipinski definition) is 6. The first-order valence-corrected chi connectivity index (χ1v) is 9.50. The Morgan fingerprint density at radius 1 is 1.07 bits per heavy atom. The molecule has 1 heterocycles. The van der Waals surface area contributed by atoms with E-state index in [1.807, 2.05) is 25.2 Å². The fourth-order valence-corrected chi connectivity index (χ4v) is 3.34. The summed E-state index contributed by atoms with van der Waals surface area (Å²) in [5.74, 6) is 1.16. The number of nitrogens with one attached hydrogen (secondary N) is 3. The number of thioether (sulfide) groups is 1. The minimum atomic E-state index is -0.163. The molecule has 0 saturated heterocycles. The maximum Gasteiger partial charge on any atom is 0.252 e. The summed E-state index contributed by atoms with van der Waals surface area (Å²) in [6, 6.07) is 12.5. The van der Waals surface area contributed by atoms with Gasteiger partial charge in [-0.1, -0.05) is 12.1 Å². The molecule has 0 spiro atoms. The van der Waals surface area contributed by atoms with Crippen molar-refractivity contribution in [2.75, 3.05) is 38.0 Å². The van der Waals surface area contributed by atoms with Crippen LogP contribution in [0.1, 0.15) is 10.4 Å². The highest BCUT2D eigenvalue weighted by molar-refractivity contribution is 8.00. The van der Waals surface area contributed by atoms with Gasteiger partial charge in [0.2, 0.25) is 12.7 Å². The van der Waals surface area contributed by atoms with Crippen molar-refractivity contribution >= 4 is 41.7 Å². The summed E-state index contributed by atoms with van der Waals surface area (Å²) in [4.78, 5) is 25.3. The molecular weight excluding hydrogens is 402 g/mol. The molecule has 7 nitrogen and oxygen atoms in total. The molecule has 0 aromatic heterocycles. The molecule has 1 aliphatic rings. The van der Waals surface area contributed by atoms with E-state index in [-0.39, 0.29) is 36.8 Å². The molecule has 28 heavy (non-hydrogen) atoms. The summed E-state index contributed by atoms with van der Waals surface area (Å²) in [6.45, 7) is 1.42. The van der Waals surface area contributed by atoms with Gasteiger partial charge in [0.25, 0.3) is 5.91 Å². The van der Waals surface area contributed by atoms with E-state index in [0.29, 0.717) is 35.8 Å². The van der Waals surface area contributed by atoms with E-state index < -0.39 is 0 Å². The van der Waals surface area contributed by atoms with Crippen molar-refractivity contribution in [1.29, 1.82) is 0 Å². The highest BCUT2D eigenvalue weighted by Gasteiger charge is 2.15. The smallest absolute Gasteiger partial charge is 0.252 e. The Bertz CT molecular complexity index is 835. The maximum atomic E-state index is 12.3. The molecule has 0 fully saturated rings. The quantitative estimate of drug-likeness (QED) is 0.446. The van der Waals surface area contributed by atoms with E-state index in [4.69, 9.17) is 9.47 Å². The van der Waals surface area contributed by atoms with Crippen molar-refractivity contribution in [2.24, 2.45) is 0 Å². The molecule has 2 aromatic rings. The monoisotopic (exact) mass is 423 g/mol. The molecule has 0 saturated carbocycles. The third-order valence-electron chi connectivity index (χ3n) is 3.81. The van der Waals surface area contributed by atoms with Gasteiger partial charge in [0.15, 0.2) is 11.5 Å². The predicted octanol–water partition coefficient (Wildman–Crippen LogP) is 2.52. The number of likely N-dealkylation sites (N-methyl/N-ethyl adjacent to an activating group) is 1. The maximum absolute atomic E-state index is 12.3. The lowest BCUT2D eigenvalue weighted by molar-refractivity contribution is -0.113. The van der Waals surface area contributed by atoms with E-state index in [9.17, 15) is 9.59 Å².